The van der Waals surface area contributed by atoms with Crippen molar-refractivity contribution < 1.29 is 13.5 Å². The Morgan fingerprint density at radius 3 is 2.47 bits per heavy atom. The number of halogens is 4. The number of anilines is 2. The van der Waals surface area contributed by atoms with Gasteiger partial charge in [-0.25, -0.2) is 8.78 Å². The normalized spacial score (nSPS) is 10.5. The average molecular weight is 350 g/mol. The van der Waals surface area contributed by atoms with Gasteiger partial charge in [0.2, 0.25) is 0 Å². The molecule has 4 N–H and O–H groups in total. The Labute approximate surface area is 121 Å². The van der Waals surface area contributed by atoms with Gasteiger partial charge in [-0.15, -0.1) is 0 Å². The SMILES string of the molecule is Nc1cc(N)c(Oc2cc(F)ccc2Br)c(F)c1Cl. The molecule has 7 heteroatoms. The van der Waals surface area contributed by atoms with Gasteiger partial charge in [0.05, 0.1) is 15.8 Å². The average Bonchev–Trinajstić information content (AvgIpc) is 2.36. The summed E-state index contributed by atoms with van der Waals surface area (Å²) in [6, 6.07) is 5.02. The van der Waals surface area contributed by atoms with E-state index >= 15 is 0 Å². The summed E-state index contributed by atoms with van der Waals surface area (Å²) < 4.78 is 32.7. The van der Waals surface area contributed by atoms with Gasteiger partial charge in [0.15, 0.2) is 11.6 Å². The molecule has 0 aliphatic carbocycles. The fraction of sp³-hybridized carbons (Fsp3) is 0. The molecule has 2 aromatic rings. The third-order valence-electron chi connectivity index (χ3n) is 2.32. The molecule has 0 saturated carbocycles. The van der Waals surface area contributed by atoms with Gasteiger partial charge in [0.1, 0.15) is 16.6 Å². The molecule has 0 heterocycles. The van der Waals surface area contributed by atoms with E-state index in [2.05, 4.69) is 15.9 Å². The van der Waals surface area contributed by atoms with E-state index in [1.54, 1.807) is 0 Å². The van der Waals surface area contributed by atoms with Crippen molar-refractivity contribution in [1.29, 1.82) is 0 Å². The standard InChI is InChI=1S/C12H8BrClF2N2O/c13-6-2-1-5(15)3-9(6)19-12-8(18)4-7(17)10(14)11(12)16/h1-4H,17-18H2. The zero-order chi connectivity index (χ0) is 14.2. The number of rotatable bonds is 2. The minimum Gasteiger partial charge on any atom is -0.451 e. The van der Waals surface area contributed by atoms with Gasteiger partial charge in [-0.2, -0.15) is 0 Å². The Balaban J connectivity index is 2.49. The van der Waals surface area contributed by atoms with E-state index in [1.807, 2.05) is 0 Å². The lowest BCUT2D eigenvalue weighted by molar-refractivity contribution is 0.439. The molecule has 0 aliphatic heterocycles. The summed E-state index contributed by atoms with van der Waals surface area (Å²) in [5.41, 5.74) is 11.0. The van der Waals surface area contributed by atoms with Crippen molar-refractivity contribution in [3.05, 3.63) is 45.4 Å². The molecule has 0 fully saturated rings. The highest BCUT2D eigenvalue weighted by atomic mass is 79.9. The van der Waals surface area contributed by atoms with Gasteiger partial charge in [-0.3, -0.25) is 0 Å². The van der Waals surface area contributed by atoms with Crippen molar-refractivity contribution in [2.45, 2.75) is 0 Å². The van der Waals surface area contributed by atoms with Crippen molar-refractivity contribution in [2.75, 3.05) is 11.5 Å². The van der Waals surface area contributed by atoms with Crippen molar-refractivity contribution in [2.24, 2.45) is 0 Å². The predicted octanol–water partition coefficient (Wildman–Crippen LogP) is 4.34. The van der Waals surface area contributed by atoms with Crippen LogP contribution in [-0.4, -0.2) is 0 Å². The maximum absolute atomic E-state index is 13.9. The maximum Gasteiger partial charge on any atom is 0.188 e. The summed E-state index contributed by atoms with van der Waals surface area (Å²) >= 11 is 8.83. The highest BCUT2D eigenvalue weighted by molar-refractivity contribution is 9.10. The fourth-order valence-corrected chi connectivity index (χ4v) is 1.89. The van der Waals surface area contributed by atoms with Crippen LogP contribution in [0.15, 0.2) is 28.7 Å². The van der Waals surface area contributed by atoms with Crippen LogP contribution in [0.4, 0.5) is 20.2 Å². The molecule has 100 valence electrons. The first-order valence-corrected chi connectivity index (χ1v) is 6.23. The highest BCUT2D eigenvalue weighted by Crippen LogP contribution is 2.39. The van der Waals surface area contributed by atoms with Crippen LogP contribution in [0, 0.1) is 11.6 Å². The van der Waals surface area contributed by atoms with Crippen molar-refractivity contribution in [3.8, 4) is 11.5 Å². The molecule has 0 amide bonds. The second-order valence-electron chi connectivity index (χ2n) is 3.69. The lowest BCUT2D eigenvalue weighted by atomic mass is 10.2. The first-order chi connectivity index (χ1) is 8.90. The second kappa shape index (κ2) is 5.22. The van der Waals surface area contributed by atoms with Crippen LogP contribution in [0.1, 0.15) is 0 Å². The van der Waals surface area contributed by atoms with Crippen molar-refractivity contribution in [3.63, 3.8) is 0 Å². The Hall–Kier alpha value is -1.53. The van der Waals surface area contributed by atoms with Crippen LogP contribution in [0.2, 0.25) is 5.02 Å². The maximum atomic E-state index is 13.9. The largest absolute Gasteiger partial charge is 0.451 e. The van der Waals surface area contributed by atoms with Gasteiger partial charge < -0.3 is 16.2 Å². The molecule has 0 aliphatic rings. The van der Waals surface area contributed by atoms with Crippen LogP contribution in [-0.2, 0) is 0 Å². The van der Waals surface area contributed by atoms with E-state index in [1.165, 1.54) is 18.2 Å². The number of nitrogens with two attached hydrogens (primary N) is 2. The summed E-state index contributed by atoms with van der Waals surface area (Å²) in [5, 5.41) is -0.295. The molecule has 0 bridgehead atoms. The van der Waals surface area contributed by atoms with E-state index in [0.717, 1.165) is 6.07 Å². The monoisotopic (exact) mass is 348 g/mol. The van der Waals surface area contributed by atoms with E-state index in [4.69, 9.17) is 27.8 Å². The molecule has 0 radical (unpaired) electrons. The summed E-state index contributed by atoms with van der Waals surface area (Å²) in [6.07, 6.45) is 0. The van der Waals surface area contributed by atoms with Crippen LogP contribution in [0.25, 0.3) is 0 Å². The van der Waals surface area contributed by atoms with E-state index in [-0.39, 0.29) is 27.9 Å². The van der Waals surface area contributed by atoms with Gasteiger partial charge in [0.25, 0.3) is 0 Å². The van der Waals surface area contributed by atoms with Gasteiger partial charge in [0, 0.05) is 6.07 Å². The van der Waals surface area contributed by atoms with Crippen LogP contribution >= 0.6 is 27.5 Å². The Bertz CT molecular complexity index is 652. The van der Waals surface area contributed by atoms with E-state index in [9.17, 15) is 8.78 Å². The number of ether oxygens (including phenoxy) is 1. The van der Waals surface area contributed by atoms with Gasteiger partial charge in [-0.05, 0) is 34.1 Å². The molecule has 0 spiro atoms. The molecule has 3 nitrogen and oxygen atoms in total. The molecule has 0 unspecified atom stereocenters. The van der Waals surface area contributed by atoms with Crippen LogP contribution in [0.3, 0.4) is 0 Å². The highest BCUT2D eigenvalue weighted by Gasteiger charge is 2.17. The zero-order valence-electron chi connectivity index (χ0n) is 9.38. The Morgan fingerprint density at radius 2 is 1.79 bits per heavy atom. The molecular formula is C12H8BrClF2N2O. The lowest BCUT2D eigenvalue weighted by Gasteiger charge is -2.13. The molecule has 0 atom stereocenters. The first kappa shape index (κ1) is 13.9. The Morgan fingerprint density at radius 1 is 1.11 bits per heavy atom. The molecule has 0 saturated heterocycles. The third kappa shape index (κ3) is 2.74. The molecule has 19 heavy (non-hydrogen) atoms. The number of benzene rings is 2. The zero-order valence-corrected chi connectivity index (χ0v) is 11.7. The number of nitrogen functional groups attached to an aromatic ring is 2. The fourth-order valence-electron chi connectivity index (χ4n) is 1.42. The van der Waals surface area contributed by atoms with Crippen LogP contribution in [0.5, 0.6) is 11.5 Å². The van der Waals surface area contributed by atoms with Crippen molar-refractivity contribution >= 4 is 38.9 Å². The predicted molar refractivity (Wildman–Crippen MR) is 74.4 cm³/mol. The summed E-state index contributed by atoms with van der Waals surface area (Å²) in [7, 11) is 0. The molecular weight excluding hydrogens is 341 g/mol. The lowest BCUT2D eigenvalue weighted by Crippen LogP contribution is -2.00. The summed E-state index contributed by atoms with van der Waals surface area (Å²) in [6.45, 7) is 0. The summed E-state index contributed by atoms with van der Waals surface area (Å²) in [5.74, 6) is -1.65. The minimum atomic E-state index is -0.893. The van der Waals surface area contributed by atoms with Gasteiger partial charge in [-0.1, -0.05) is 11.6 Å². The third-order valence-corrected chi connectivity index (χ3v) is 3.36. The van der Waals surface area contributed by atoms with Gasteiger partial charge >= 0.3 is 0 Å². The van der Waals surface area contributed by atoms with E-state index < -0.39 is 11.6 Å². The first-order valence-electron chi connectivity index (χ1n) is 5.06. The van der Waals surface area contributed by atoms with Crippen molar-refractivity contribution in [1.82, 2.24) is 0 Å². The molecule has 2 aromatic carbocycles. The smallest absolute Gasteiger partial charge is 0.188 e. The number of hydrogen-bond acceptors (Lipinski definition) is 3. The van der Waals surface area contributed by atoms with Crippen LogP contribution < -0.4 is 16.2 Å². The Kier molecular flexibility index (Phi) is 3.82. The quantitative estimate of drug-likeness (QED) is 0.793. The van der Waals surface area contributed by atoms with E-state index in [0.29, 0.717) is 4.47 Å². The molecule has 2 rings (SSSR count). The topological polar surface area (TPSA) is 61.3 Å². The summed E-state index contributed by atoms with van der Waals surface area (Å²) in [4.78, 5) is 0. The molecule has 0 aromatic heterocycles. The number of hydrogen-bond donors (Lipinski definition) is 2. The second-order valence-corrected chi connectivity index (χ2v) is 4.92. The minimum absolute atomic E-state index is 0.00215.